The molecule has 2 heterocycles. The highest BCUT2D eigenvalue weighted by atomic mass is 35.5. The number of pyridine rings is 1. The molecule has 3 rings (SSSR count). The van der Waals surface area contributed by atoms with Crippen molar-refractivity contribution in [3.05, 3.63) is 35.5 Å². The highest BCUT2D eigenvalue weighted by Crippen LogP contribution is 2.28. The van der Waals surface area contributed by atoms with Crippen LogP contribution < -0.4 is 5.32 Å². The first-order valence-corrected chi connectivity index (χ1v) is 7.72. The minimum absolute atomic E-state index is 0.0498. The van der Waals surface area contributed by atoms with Crippen LogP contribution in [0.2, 0.25) is 5.02 Å². The zero-order valence-electron chi connectivity index (χ0n) is 11.8. The highest BCUT2D eigenvalue weighted by molar-refractivity contribution is 6.35. The van der Waals surface area contributed by atoms with Crippen molar-refractivity contribution in [2.45, 2.75) is 25.7 Å². The van der Waals surface area contributed by atoms with Gasteiger partial charge in [0.05, 0.1) is 16.2 Å². The molecule has 0 radical (unpaired) electrons. The summed E-state index contributed by atoms with van der Waals surface area (Å²) in [7, 11) is 0. The number of aromatic nitrogens is 1. The molecule has 1 aliphatic heterocycles. The van der Waals surface area contributed by atoms with Crippen LogP contribution in [-0.2, 0) is 0 Å². The topological polar surface area (TPSA) is 45.2 Å². The highest BCUT2D eigenvalue weighted by Gasteiger charge is 2.16. The van der Waals surface area contributed by atoms with Crippen LogP contribution >= 0.6 is 11.6 Å². The van der Waals surface area contributed by atoms with Crippen molar-refractivity contribution < 1.29 is 4.79 Å². The maximum atomic E-state index is 12.4. The van der Waals surface area contributed by atoms with Gasteiger partial charge < -0.3 is 10.2 Å². The van der Waals surface area contributed by atoms with E-state index in [4.69, 9.17) is 11.6 Å². The number of carbonyl (C=O) groups is 1. The molecule has 1 aliphatic rings. The molecule has 0 saturated carbocycles. The summed E-state index contributed by atoms with van der Waals surface area (Å²) >= 11 is 6.17. The molecule has 0 unspecified atom stereocenters. The maximum absolute atomic E-state index is 12.4. The molecule has 1 aromatic heterocycles. The summed E-state index contributed by atoms with van der Waals surface area (Å²) in [5.41, 5.74) is 1.44. The van der Waals surface area contributed by atoms with Crippen molar-refractivity contribution in [1.29, 1.82) is 0 Å². The number of hydrogen-bond acceptors (Lipinski definition) is 2. The predicted octanol–water partition coefficient (Wildman–Crippen LogP) is 4.30. The van der Waals surface area contributed by atoms with E-state index in [-0.39, 0.29) is 6.03 Å². The van der Waals surface area contributed by atoms with Crippen LogP contribution in [0.4, 0.5) is 10.5 Å². The van der Waals surface area contributed by atoms with Gasteiger partial charge in [0.15, 0.2) is 0 Å². The monoisotopic (exact) mass is 303 g/mol. The standard InChI is InChI=1S/C16H18ClN3O/c17-13-7-8-14(15-12(13)6-5-9-18-15)19-16(21)20-10-3-1-2-4-11-20/h5-9H,1-4,10-11H2,(H,19,21). The number of fused-ring (bicyclic) bond motifs is 1. The second-order valence-electron chi connectivity index (χ2n) is 5.33. The van der Waals surface area contributed by atoms with Crippen LogP contribution in [0.1, 0.15) is 25.7 Å². The Hall–Kier alpha value is -1.81. The van der Waals surface area contributed by atoms with Gasteiger partial charge in [0.25, 0.3) is 0 Å². The Morgan fingerprint density at radius 3 is 2.67 bits per heavy atom. The Morgan fingerprint density at radius 1 is 1.14 bits per heavy atom. The van der Waals surface area contributed by atoms with E-state index in [0.29, 0.717) is 10.7 Å². The molecule has 2 amide bonds. The van der Waals surface area contributed by atoms with Crippen molar-refractivity contribution in [2.75, 3.05) is 18.4 Å². The third-order valence-corrected chi connectivity index (χ3v) is 4.18. The van der Waals surface area contributed by atoms with Crippen molar-refractivity contribution in [2.24, 2.45) is 0 Å². The van der Waals surface area contributed by atoms with Crippen LogP contribution in [0.3, 0.4) is 0 Å². The summed E-state index contributed by atoms with van der Waals surface area (Å²) in [6.07, 6.45) is 6.27. The number of amides is 2. The molecular weight excluding hydrogens is 286 g/mol. The van der Waals surface area contributed by atoms with E-state index < -0.39 is 0 Å². The Morgan fingerprint density at radius 2 is 1.90 bits per heavy atom. The van der Waals surface area contributed by atoms with Crippen molar-refractivity contribution in [1.82, 2.24) is 9.88 Å². The second kappa shape index (κ2) is 6.31. The van der Waals surface area contributed by atoms with E-state index in [9.17, 15) is 4.79 Å². The third kappa shape index (κ3) is 3.10. The normalized spacial score (nSPS) is 15.8. The number of nitrogens with one attached hydrogen (secondary N) is 1. The number of nitrogens with zero attached hydrogens (tertiary/aromatic N) is 2. The summed E-state index contributed by atoms with van der Waals surface area (Å²) in [5, 5.41) is 4.47. The fraction of sp³-hybridized carbons (Fsp3) is 0.375. The van der Waals surface area contributed by atoms with Gasteiger partial charge in [-0.15, -0.1) is 0 Å². The van der Waals surface area contributed by atoms with Crippen LogP contribution in [0.15, 0.2) is 30.5 Å². The average molecular weight is 304 g/mol. The lowest BCUT2D eigenvalue weighted by Crippen LogP contribution is -2.35. The van der Waals surface area contributed by atoms with Gasteiger partial charge in [-0.2, -0.15) is 0 Å². The van der Waals surface area contributed by atoms with Gasteiger partial charge in [-0.25, -0.2) is 4.79 Å². The van der Waals surface area contributed by atoms with E-state index in [1.54, 1.807) is 12.3 Å². The number of likely N-dealkylation sites (tertiary alicyclic amines) is 1. The SMILES string of the molecule is O=C(Nc1ccc(Cl)c2cccnc12)N1CCCCCC1. The first-order valence-electron chi connectivity index (χ1n) is 7.35. The minimum Gasteiger partial charge on any atom is -0.325 e. The van der Waals surface area contributed by atoms with E-state index in [2.05, 4.69) is 10.3 Å². The van der Waals surface area contributed by atoms with E-state index in [0.717, 1.165) is 36.8 Å². The number of hydrogen-bond donors (Lipinski definition) is 1. The fourth-order valence-corrected chi connectivity index (χ4v) is 2.92. The van der Waals surface area contributed by atoms with Crippen molar-refractivity contribution >= 4 is 34.2 Å². The third-order valence-electron chi connectivity index (χ3n) is 3.85. The molecule has 0 bridgehead atoms. The minimum atomic E-state index is -0.0498. The van der Waals surface area contributed by atoms with Gasteiger partial charge in [-0.3, -0.25) is 4.98 Å². The molecule has 0 aliphatic carbocycles. The molecule has 1 aromatic carbocycles. The van der Waals surface area contributed by atoms with E-state index in [1.165, 1.54) is 12.8 Å². The second-order valence-corrected chi connectivity index (χ2v) is 5.73. The van der Waals surface area contributed by atoms with Crippen LogP contribution in [0, 0.1) is 0 Å². The van der Waals surface area contributed by atoms with Crippen LogP contribution in [0.25, 0.3) is 10.9 Å². The summed E-state index contributed by atoms with van der Waals surface area (Å²) in [5.74, 6) is 0. The van der Waals surface area contributed by atoms with Gasteiger partial charge in [0, 0.05) is 24.7 Å². The first kappa shape index (κ1) is 14.1. The number of carbonyl (C=O) groups excluding carboxylic acids is 1. The maximum Gasteiger partial charge on any atom is 0.321 e. The molecule has 5 heteroatoms. The number of benzene rings is 1. The molecule has 0 spiro atoms. The van der Waals surface area contributed by atoms with E-state index in [1.807, 2.05) is 23.1 Å². The summed E-state index contributed by atoms with van der Waals surface area (Å²) in [4.78, 5) is 18.6. The summed E-state index contributed by atoms with van der Waals surface area (Å²) < 4.78 is 0. The van der Waals surface area contributed by atoms with Crippen molar-refractivity contribution in [3.8, 4) is 0 Å². The molecule has 110 valence electrons. The molecular formula is C16H18ClN3O. The van der Waals surface area contributed by atoms with Crippen LogP contribution in [0.5, 0.6) is 0 Å². The van der Waals surface area contributed by atoms with Gasteiger partial charge >= 0.3 is 6.03 Å². The van der Waals surface area contributed by atoms with E-state index >= 15 is 0 Å². The molecule has 2 aromatic rings. The summed E-state index contributed by atoms with van der Waals surface area (Å²) in [6.45, 7) is 1.65. The van der Waals surface area contributed by atoms with Gasteiger partial charge in [0.2, 0.25) is 0 Å². The zero-order valence-corrected chi connectivity index (χ0v) is 12.6. The van der Waals surface area contributed by atoms with Gasteiger partial charge in [-0.1, -0.05) is 24.4 Å². The number of urea groups is 1. The smallest absolute Gasteiger partial charge is 0.321 e. The largest absolute Gasteiger partial charge is 0.325 e. The molecule has 1 saturated heterocycles. The molecule has 0 atom stereocenters. The number of halogens is 1. The molecule has 1 N–H and O–H groups in total. The zero-order chi connectivity index (χ0) is 14.7. The first-order chi connectivity index (χ1) is 10.3. The Kier molecular flexibility index (Phi) is 4.25. The lowest BCUT2D eigenvalue weighted by molar-refractivity contribution is 0.214. The Bertz CT molecular complexity index is 651. The van der Waals surface area contributed by atoms with Crippen LogP contribution in [-0.4, -0.2) is 29.0 Å². The number of rotatable bonds is 1. The summed E-state index contributed by atoms with van der Waals surface area (Å²) in [6, 6.07) is 7.31. The molecule has 4 nitrogen and oxygen atoms in total. The fourth-order valence-electron chi connectivity index (χ4n) is 2.71. The van der Waals surface area contributed by atoms with Crippen molar-refractivity contribution in [3.63, 3.8) is 0 Å². The Labute approximate surface area is 129 Å². The lowest BCUT2D eigenvalue weighted by Gasteiger charge is -2.21. The Balaban J connectivity index is 1.84. The lowest BCUT2D eigenvalue weighted by atomic mass is 10.2. The van der Waals surface area contributed by atoms with Gasteiger partial charge in [0.1, 0.15) is 0 Å². The molecule has 1 fully saturated rings. The predicted molar refractivity (Wildman–Crippen MR) is 85.8 cm³/mol. The molecule has 21 heavy (non-hydrogen) atoms. The number of anilines is 1. The quantitative estimate of drug-likeness (QED) is 0.854. The van der Waals surface area contributed by atoms with Gasteiger partial charge in [-0.05, 0) is 37.1 Å². The average Bonchev–Trinajstić information content (AvgIpc) is 2.79.